The van der Waals surface area contributed by atoms with Gasteiger partial charge in [-0.25, -0.2) is 0 Å². The van der Waals surface area contributed by atoms with Crippen LogP contribution in [0.2, 0.25) is 0 Å². The zero-order valence-electron chi connectivity index (χ0n) is 27.5. The molecule has 4 aliphatic rings. The van der Waals surface area contributed by atoms with Gasteiger partial charge in [-0.05, 0) is 106 Å². The first kappa shape index (κ1) is 34.2. The van der Waals surface area contributed by atoms with Crippen LogP contribution in [0.3, 0.4) is 0 Å². The highest BCUT2D eigenvalue weighted by molar-refractivity contribution is 8.76. The zero-order chi connectivity index (χ0) is 31.0. The number of unbranched alkanes of at least 4 members (excludes halogenated alkanes) is 1. The van der Waals surface area contributed by atoms with E-state index in [2.05, 4.69) is 34.6 Å². The monoisotopic (exact) mass is 622 g/mol. The largest absolute Gasteiger partial charge is 0.481 e. The Morgan fingerprint density at radius 3 is 2.26 bits per heavy atom. The van der Waals surface area contributed by atoms with Gasteiger partial charge in [-0.3, -0.25) is 9.59 Å². The number of fused-ring (bicyclic) bond motifs is 4. The first-order valence-corrected chi connectivity index (χ1v) is 19.1. The van der Waals surface area contributed by atoms with Gasteiger partial charge in [0, 0.05) is 16.9 Å². The maximum atomic E-state index is 12.8. The number of carbonyl (C=O) groups excluding carboxylic acids is 1. The average molecular weight is 623 g/mol. The van der Waals surface area contributed by atoms with E-state index in [0.717, 1.165) is 31.6 Å². The Labute approximate surface area is 263 Å². The van der Waals surface area contributed by atoms with Gasteiger partial charge in [0.15, 0.2) is 0 Å². The van der Waals surface area contributed by atoms with E-state index in [0.29, 0.717) is 34.7 Å². The molecular formula is C35H58O5S2. The van der Waals surface area contributed by atoms with Crippen LogP contribution in [0.1, 0.15) is 138 Å². The van der Waals surface area contributed by atoms with Gasteiger partial charge in [0.25, 0.3) is 0 Å². The molecule has 4 rings (SSSR count). The smallest absolute Gasteiger partial charge is 0.306 e. The van der Waals surface area contributed by atoms with Gasteiger partial charge in [0.05, 0.1) is 18.4 Å². The Kier molecular flexibility index (Phi) is 10.6. The summed E-state index contributed by atoms with van der Waals surface area (Å²) in [6.45, 7) is 16.3. The molecule has 0 amide bonds. The van der Waals surface area contributed by atoms with Gasteiger partial charge in [-0.2, -0.15) is 0 Å². The number of esters is 1. The molecule has 0 aromatic heterocycles. The van der Waals surface area contributed by atoms with Gasteiger partial charge < -0.3 is 14.9 Å². The minimum atomic E-state index is -0.780. The molecule has 0 radical (unpaired) electrons. The summed E-state index contributed by atoms with van der Waals surface area (Å²) in [5.41, 5.74) is 3.81. The number of carbonyl (C=O) groups is 2. The summed E-state index contributed by atoms with van der Waals surface area (Å²) in [5.74, 6) is 1.63. The van der Waals surface area contributed by atoms with Crippen molar-refractivity contribution < 1.29 is 24.5 Å². The third-order valence-corrected chi connectivity index (χ3v) is 15.0. The fraction of sp³-hybridized carbons (Fsp3) is 0.886. The number of carboxylic acids is 1. The van der Waals surface area contributed by atoms with E-state index < -0.39 is 11.6 Å². The molecule has 4 aliphatic carbocycles. The van der Waals surface area contributed by atoms with Crippen LogP contribution in [-0.4, -0.2) is 45.4 Å². The standard InChI is InChI=1S/C35H58O5S2/c1-31(2,39)18-9-8-10-24-13-20-35(7)26-11-12-27-32(3,4)28(40-30(38)17-23-42-41-22-16-29(36)37)15-19-33(27,5)25(26)14-21-34(24,35)6/h24,27-28,39H,8-23H2,1-7H3,(H,36,37)/t24?,27?,28?,33?,34?,35-/m0/s1. The summed E-state index contributed by atoms with van der Waals surface area (Å²) in [5, 5.41) is 18.9. The van der Waals surface area contributed by atoms with Crippen LogP contribution in [0.25, 0.3) is 0 Å². The Bertz CT molecular complexity index is 1030. The number of hydrogen-bond donors (Lipinski definition) is 2. The molecule has 5 unspecified atom stereocenters. The van der Waals surface area contributed by atoms with Crippen molar-refractivity contribution in [3.63, 3.8) is 0 Å². The summed E-state index contributed by atoms with van der Waals surface area (Å²) < 4.78 is 6.18. The van der Waals surface area contributed by atoms with Crippen LogP contribution < -0.4 is 0 Å². The average Bonchev–Trinajstić information content (AvgIpc) is 3.15. The van der Waals surface area contributed by atoms with E-state index in [9.17, 15) is 14.7 Å². The molecule has 240 valence electrons. The van der Waals surface area contributed by atoms with Crippen LogP contribution in [0.15, 0.2) is 11.1 Å². The number of allylic oxidation sites excluding steroid dienone is 2. The number of carboxylic acid groups (broad SMARTS) is 1. The van der Waals surface area contributed by atoms with Crippen molar-refractivity contribution >= 4 is 33.5 Å². The first-order valence-electron chi connectivity index (χ1n) is 16.7. The molecule has 0 aromatic carbocycles. The van der Waals surface area contributed by atoms with E-state index in [4.69, 9.17) is 9.84 Å². The predicted molar refractivity (Wildman–Crippen MR) is 175 cm³/mol. The minimum Gasteiger partial charge on any atom is -0.481 e. The fourth-order valence-corrected chi connectivity index (χ4v) is 11.9. The second-order valence-corrected chi connectivity index (χ2v) is 18.6. The molecule has 0 aliphatic heterocycles. The summed E-state index contributed by atoms with van der Waals surface area (Å²) in [6.07, 6.45) is 14.6. The van der Waals surface area contributed by atoms with E-state index >= 15 is 0 Å². The maximum Gasteiger partial charge on any atom is 0.306 e. The predicted octanol–water partition coefficient (Wildman–Crippen LogP) is 9.23. The minimum absolute atomic E-state index is 0.0425. The van der Waals surface area contributed by atoms with Gasteiger partial charge in [-0.15, -0.1) is 0 Å². The second kappa shape index (κ2) is 13.0. The Morgan fingerprint density at radius 2 is 1.60 bits per heavy atom. The highest BCUT2D eigenvalue weighted by Crippen LogP contribution is 2.72. The molecule has 2 N–H and O–H groups in total. The van der Waals surface area contributed by atoms with Crippen molar-refractivity contribution in [2.75, 3.05) is 11.5 Å². The van der Waals surface area contributed by atoms with E-state index in [1.165, 1.54) is 62.2 Å². The molecule has 0 aromatic rings. The molecule has 5 nitrogen and oxygen atoms in total. The first-order chi connectivity index (χ1) is 19.5. The summed E-state index contributed by atoms with van der Waals surface area (Å²) in [7, 11) is 3.08. The molecule has 0 heterocycles. The van der Waals surface area contributed by atoms with Crippen molar-refractivity contribution in [3.8, 4) is 0 Å². The Balaban J connectivity index is 1.40. The number of ether oxygens (including phenoxy) is 1. The highest BCUT2D eigenvalue weighted by Gasteiger charge is 2.63. The summed E-state index contributed by atoms with van der Waals surface area (Å²) in [4.78, 5) is 23.5. The maximum absolute atomic E-state index is 12.8. The number of aliphatic hydroxyl groups is 1. The molecule has 2 fully saturated rings. The van der Waals surface area contributed by atoms with Crippen molar-refractivity contribution in [1.82, 2.24) is 0 Å². The molecule has 2 saturated carbocycles. The Hall–Kier alpha value is -0.660. The van der Waals surface area contributed by atoms with E-state index in [-0.39, 0.29) is 29.3 Å². The summed E-state index contributed by atoms with van der Waals surface area (Å²) in [6, 6.07) is 0. The number of rotatable bonds is 13. The molecule has 7 heteroatoms. The summed E-state index contributed by atoms with van der Waals surface area (Å²) >= 11 is 0. The zero-order valence-corrected chi connectivity index (χ0v) is 29.1. The van der Waals surface area contributed by atoms with Crippen LogP contribution in [0.5, 0.6) is 0 Å². The van der Waals surface area contributed by atoms with Gasteiger partial charge >= 0.3 is 11.9 Å². The van der Waals surface area contributed by atoms with Crippen LogP contribution in [0, 0.1) is 33.5 Å². The third kappa shape index (κ3) is 6.78. The lowest BCUT2D eigenvalue weighted by Crippen LogP contribution is -2.55. The van der Waals surface area contributed by atoms with Gasteiger partial charge in [-0.1, -0.05) is 80.2 Å². The van der Waals surface area contributed by atoms with E-state index in [1.54, 1.807) is 21.9 Å². The molecular weight excluding hydrogens is 565 g/mol. The molecule has 0 bridgehead atoms. The van der Waals surface area contributed by atoms with Crippen molar-refractivity contribution in [2.24, 2.45) is 33.5 Å². The van der Waals surface area contributed by atoms with Crippen LogP contribution >= 0.6 is 21.6 Å². The fourth-order valence-electron chi connectivity index (χ4n) is 9.99. The van der Waals surface area contributed by atoms with Crippen LogP contribution in [-0.2, 0) is 14.3 Å². The van der Waals surface area contributed by atoms with Crippen molar-refractivity contribution in [3.05, 3.63) is 11.1 Å². The second-order valence-electron chi connectivity index (χ2n) is 15.9. The Morgan fingerprint density at radius 1 is 0.905 bits per heavy atom. The number of aliphatic carboxylic acids is 1. The SMILES string of the molecule is CC(C)(O)CCCCC1CC[C@@]2(C)C3=C(CCC12C)C1(C)CCC(OC(=O)CCSSCCC(=O)O)C(C)(C)C1CC3. The quantitative estimate of drug-likeness (QED) is 0.0917. The van der Waals surface area contributed by atoms with Crippen molar-refractivity contribution in [2.45, 2.75) is 150 Å². The van der Waals surface area contributed by atoms with Gasteiger partial charge in [0.1, 0.15) is 6.10 Å². The lowest BCUT2D eigenvalue weighted by atomic mass is 9.43. The molecule has 0 saturated heterocycles. The molecule has 0 spiro atoms. The van der Waals surface area contributed by atoms with Crippen LogP contribution in [0.4, 0.5) is 0 Å². The topological polar surface area (TPSA) is 83.8 Å². The third-order valence-electron chi connectivity index (χ3n) is 12.6. The lowest BCUT2D eigenvalue weighted by Gasteiger charge is -2.62. The van der Waals surface area contributed by atoms with E-state index in [1.807, 2.05) is 13.8 Å². The highest BCUT2D eigenvalue weighted by atomic mass is 33.1. The van der Waals surface area contributed by atoms with Crippen molar-refractivity contribution in [1.29, 1.82) is 0 Å². The number of hydrogen-bond acceptors (Lipinski definition) is 6. The van der Waals surface area contributed by atoms with Gasteiger partial charge in [0.2, 0.25) is 0 Å². The lowest BCUT2D eigenvalue weighted by molar-refractivity contribution is -0.169. The molecule has 6 atom stereocenters. The molecule has 42 heavy (non-hydrogen) atoms. The normalized spacial score (nSPS) is 35.8.